The van der Waals surface area contributed by atoms with Gasteiger partial charge in [-0.1, -0.05) is 30.3 Å². The first kappa shape index (κ1) is 24.0. The summed E-state index contributed by atoms with van der Waals surface area (Å²) in [5, 5.41) is 22.1. The molecule has 0 aliphatic carbocycles. The number of benzene rings is 3. The summed E-state index contributed by atoms with van der Waals surface area (Å²) in [5.74, 6) is -1.61. The van der Waals surface area contributed by atoms with Crippen molar-refractivity contribution in [2.24, 2.45) is 0 Å². The van der Waals surface area contributed by atoms with Crippen molar-refractivity contribution in [2.75, 3.05) is 6.26 Å². The highest BCUT2D eigenvalue weighted by molar-refractivity contribution is 7.98. The van der Waals surface area contributed by atoms with Crippen molar-refractivity contribution in [3.63, 3.8) is 0 Å². The van der Waals surface area contributed by atoms with Crippen LogP contribution in [0.25, 0.3) is 22.3 Å². The van der Waals surface area contributed by atoms with Crippen molar-refractivity contribution in [1.82, 2.24) is 10.3 Å². The number of rotatable bonds is 7. The Morgan fingerprint density at radius 1 is 0.914 bits per heavy atom. The van der Waals surface area contributed by atoms with Gasteiger partial charge in [0.1, 0.15) is 11.3 Å². The van der Waals surface area contributed by atoms with Crippen LogP contribution in [0.5, 0.6) is 5.75 Å². The molecule has 0 fully saturated rings. The third kappa shape index (κ3) is 5.53. The van der Waals surface area contributed by atoms with Gasteiger partial charge in [0.05, 0.1) is 12.2 Å². The molecule has 4 aromatic rings. The number of nitrogens with zero attached hydrogens (tertiary/aromatic N) is 1. The minimum atomic E-state index is -1.17. The van der Waals surface area contributed by atoms with Gasteiger partial charge in [-0.15, -0.1) is 11.8 Å². The van der Waals surface area contributed by atoms with Crippen molar-refractivity contribution < 1.29 is 19.8 Å². The highest BCUT2D eigenvalue weighted by atomic mass is 32.2. The summed E-state index contributed by atoms with van der Waals surface area (Å²) in [6.07, 6.45) is 3.69. The average molecular weight is 485 g/mol. The summed E-state index contributed by atoms with van der Waals surface area (Å²) in [4.78, 5) is 29.3. The normalized spacial score (nSPS) is 10.7. The van der Waals surface area contributed by atoms with Gasteiger partial charge in [0.15, 0.2) is 0 Å². The molecule has 0 spiro atoms. The number of phenols is 1. The Balaban J connectivity index is 1.52. The molecule has 0 unspecified atom stereocenters. The van der Waals surface area contributed by atoms with E-state index in [0.717, 1.165) is 32.8 Å². The summed E-state index contributed by atoms with van der Waals surface area (Å²) >= 11 is 1.61. The van der Waals surface area contributed by atoms with E-state index in [1.165, 1.54) is 12.1 Å². The Kier molecular flexibility index (Phi) is 7.17. The number of hydrogen-bond donors (Lipinski definition) is 3. The fourth-order valence-corrected chi connectivity index (χ4v) is 4.39. The van der Waals surface area contributed by atoms with Gasteiger partial charge in [0.25, 0.3) is 5.91 Å². The van der Waals surface area contributed by atoms with E-state index < -0.39 is 5.97 Å². The molecule has 176 valence electrons. The van der Waals surface area contributed by atoms with E-state index in [2.05, 4.69) is 10.3 Å². The molecule has 0 radical (unpaired) electrons. The zero-order valence-electron chi connectivity index (χ0n) is 19.3. The summed E-state index contributed by atoms with van der Waals surface area (Å²) < 4.78 is 0. The maximum absolute atomic E-state index is 12.6. The van der Waals surface area contributed by atoms with Crippen LogP contribution in [0.1, 0.15) is 32.0 Å². The molecule has 4 rings (SSSR count). The number of carboxylic acid groups (broad SMARTS) is 1. The SMILES string of the molecule is CSc1cc(C(=O)NCc2cc(-c3cccc(-c4ccc(C(=O)O)c(O)c4)c3)ccn2)ccc1C. The van der Waals surface area contributed by atoms with Gasteiger partial charge in [-0.05, 0) is 83.5 Å². The third-order valence-corrected chi connectivity index (χ3v) is 6.55. The van der Waals surface area contributed by atoms with Gasteiger partial charge in [0.2, 0.25) is 0 Å². The molecule has 0 saturated carbocycles. The van der Waals surface area contributed by atoms with Crippen LogP contribution in [0.2, 0.25) is 0 Å². The number of aromatic hydroxyl groups is 1. The van der Waals surface area contributed by atoms with E-state index >= 15 is 0 Å². The molecule has 0 saturated heterocycles. The molecule has 35 heavy (non-hydrogen) atoms. The largest absolute Gasteiger partial charge is 0.507 e. The summed E-state index contributed by atoms with van der Waals surface area (Å²) in [7, 11) is 0. The molecule has 3 N–H and O–H groups in total. The number of nitrogens with one attached hydrogen (secondary N) is 1. The van der Waals surface area contributed by atoms with Gasteiger partial charge in [-0.3, -0.25) is 9.78 Å². The predicted octanol–water partition coefficient (Wildman–Crippen LogP) is 5.78. The highest BCUT2D eigenvalue weighted by Crippen LogP contribution is 2.30. The Morgan fingerprint density at radius 3 is 2.31 bits per heavy atom. The number of amides is 1. The quantitative estimate of drug-likeness (QED) is 0.288. The molecular weight excluding hydrogens is 460 g/mol. The van der Waals surface area contributed by atoms with Gasteiger partial charge in [-0.25, -0.2) is 4.79 Å². The van der Waals surface area contributed by atoms with Crippen molar-refractivity contribution in [3.8, 4) is 28.0 Å². The van der Waals surface area contributed by atoms with Gasteiger partial charge in [0, 0.05) is 16.7 Å². The van der Waals surface area contributed by atoms with E-state index in [4.69, 9.17) is 5.11 Å². The molecule has 3 aromatic carbocycles. The molecule has 0 bridgehead atoms. The van der Waals surface area contributed by atoms with Crippen LogP contribution >= 0.6 is 11.8 Å². The lowest BCUT2D eigenvalue weighted by Crippen LogP contribution is -2.23. The number of aromatic nitrogens is 1. The van der Waals surface area contributed by atoms with Crippen LogP contribution in [0.15, 0.2) is 83.9 Å². The number of pyridine rings is 1. The first-order chi connectivity index (χ1) is 16.9. The van der Waals surface area contributed by atoms with E-state index in [1.54, 1.807) is 24.0 Å². The maximum Gasteiger partial charge on any atom is 0.339 e. The minimum absolute atomic E-state index is 0.138. The Hall–Kier alpha value is -4.10. The second-order valence-corrected chi connectivity index (χ2v) is 8.87. The third-order valence-electron chi connectivity index (χ3n) is 5.67. The topological polar surface area (TPSA) is 99.5 Å². The molecule has 6 nitrogen and oxygen atoms in total. The maximum atomic E-state index is 12.6. The van der Waals surface area contributed by atoms with E-state index in [0.29, 0.717) is 17.7 Å². The number of carboxylic acids is 1. The molecule has 7 heteroatoms. The second kappa shape index (κ2) is 10.4. The fraction of sp³-hybridized carbons (Fsp3) is 0.107. The first-order valence-corrected chi connectivity index (χ1v) is 12.1. The number of carbonyl (C=O) groups excluding carboxylic acids is 1. The standard InChI is InChI=1S/C28H24N2O4S/c1-17-6-7-22(15-26(17)35-2)27(32)30-16-23-13-21(10-11-29-23)19-5-3-4-18(12-19)20-8-9-24(28(33)34)25(31)14-20/h3-15,31H,16H2,1-2H3,(H,30,32)(H,33,34). The fourth-order valence-electron chi connectivity index (χ4n) is 3.76. The number of aryl methyl sites for hydroxylation is 1. The van der Waals surface area contributed by atoms with E-state index in [9.17, 15) is 14.7 Å². The van der Waals surface area contributed by atoms with Gasteiger partial charge >= 0.3 is 5.97 Å². The van der Waals surface area contributed by atoms with Crippen molar-refractivity contribution in [1.29, 1.82) is 0 Å². The van der Waals surface area contributed by atoms with Crippen molar-refractivity contribution in [2.45, 2.75) is 18.4 Å². The minimum Gasteiger partial charge on any atom is -0.507 e. The first-order valence-electron chi connectivity index (χ1n) is 10.9. The Morgan fingerprint density at radius 2 is 1.63 bits per heavy atom. The van der Waals surface area contributed by atoms with E-state index in [-0.39, 0.29) is 17.2 Å². The number of carbonyl (C=O) groups is 2. The Labute approximate surface area is 207 Å². The molecule has 1 heterocycles. The lowest BCUT2D eigenvalue weighted by molar-refractivity contribution is 0.0693. The molecule has 1 amide bonds. The molecule has 0 atom stereocenters. The monoisotopic (exact) mass is 484 g/mol. The van der Waals surface area contributed by atoms with Gasteiger partial charge in [-0.2, -0.15) is 0 Å². The molecule has 1 aromatic heterocycles. The van der Waals surface area contributed by atoms with E-state index in [1.807, 2.05) is 67.8 Å². The van der Waals surface area contributed by atoms with Crippen LogP contribution in [0, 0.1) is 6.92 Å². The molecule has 0 aliphatic rings. The van der Waals surface area contributed by atoms with Crippen LogP contribution in [-0.2, 0) is 6.54 Å². The zero-order valence-corrected chi connectivity index (χ0v) is 20.1. The zero-order chi connectivity index (χ0) is 24.9. The summed E-state index contributed by atoms with van der Waals surface area (Å²) in [6, 6.07) is 21.7. The van der Waals surface area contributed by atoms with Crippen LogP contribution in [0.3, 0.4) is 0 Å². The van der Waals surface area contributed by atoms with Crippen LogP contribution < -0.4 is 5.32 Å². The number of hydrogen-bond acceptors (Lipinski definition) is 5. The smallest absolute Gasteiger partial charge is 0.339 e. The van der Waals surface area contributed by atoms with Crippen molar-refractivity contribution in [3.05, 3.63) is 101 Å². The average Bonchev–Trinajstić information content (AvgIpc) is 2.87. The van der Waals surface area contributed by atoms with Crippen molar-refractivity contribution >= 4 is 23.6 Å². The highest BCUT2D eigenvalue weighted by Gasteiger charge is 2.12. The summed E-state index contributed by atoms with van der Waals surface area (Å²) in [5.41, 5.74) is 5.74. The molecular formula is C28H24N2O4S. The van der Waals surface area contributed by atoms with Crippen LogP contribution in [0.4, 0.5) is 0 Å². The number of thioether (sulfide) groups is 1. The lowest BCUT2D eigenvalue weighted by Gasteiger charge is -2.10. The summed E-state index contributed by atoms with van der Waals surface area (Å²) in [6.45, 7) is 2.31. The Bertz CT molecular complexity index is 1420. The lowest BCUT2D eigenvalue weighted by atomic mass is 9.98. The number of aromatic carboxylic acids is 1. The van der Waals surface area contributed by atoms with Gasteiger partial charge < -0.3 is 15.5 Å². The second-order valence-electron chi connectivity index (χ2n) is 8.02. The molecule has 0 aliphatic heterocycles. The van der Waals surface area contributed by atoms with Crippen LogP contribution in [-0.4, -0.2) is 33.3 Å². The predicted molar refractivity (Wildman–Crippen MR) is 138 cm³/mol.